The summed E-state index contributed by atoms with van der Waals surface area (Å²) >= 11 is 0. The first-order valence-electron chi connectivity index (χ1n) is 6.75. The van der Waals surface area contributed by atoms with Crippen molar-refractivity contribution in [2.75, 3.05) is 14.1 Å². The van der Waals surface area contributed by atoms with E-state index in [2.05, 4.69) is 6.92 Å². The van der Waals surface area contributed by atoms with Gasteiger partial charge in [-0.3, -0.25) is 9.59 Å². The molecular weight excluding hydrogens is 230 g/mol. The van der Waals surface area contributed by atoms with Gasteiger partial charge in [0.1, 0.15) is 11.2 Å². The number of rotatable bonds is 1. The Labute approximate surface area is 107 Å². The number of amides is 1. The minimum Gasteiger partial charge on any atom is -0.392 e. The number of carbonyl (C=O) groups is 2. The van der Waals surface area contributed by atoms with Crippen LogP contribution in [0.4, 0.5) is 0 Å². The number of nitrogens with zero attached hydrogens (tertiary/aromatic N) is 1. The van der Waals surface area contributed by atoms with Crippen LogP contribution in [-0.4, -0.2) is 41.9 Å². The van der Waals surface area contributed by atoms with Gasteiger partial charge in [0.05, 0.1) is 6.10 Å². The molecule has 3 rings (SSSR count). The second-order valence-corrected chi connectivity index (χ2v) is 6.79. The largest absolute Gasteiger partial charge is 0.392 e. The Morgan fingerprint density at radius 3 is 2.61 bits per heavy atom. The highest BCUT2D eigenvalue weighted by atomic mass is 16.3. The Morgan fingerprint density at radius 1 is 1.39 bits per heavy atom. The molecule has 0 bridgehead atoms. The molecule has 4 atom stereocenters. The molecule has 3 aliphatic carbocycles. The number of ketones is 1. The standard InChI is InChI=1S/C14H21NO3/c1-12-6-4-10(17)14(12)7-5-9(16)13(14,8-12)11(18)15(2)3/h10,17H,4-8H2,1-3H3/t10-,12-,13+,14-/m1/s1. The average molecular weight is 251 g/mol. The molecule has 4 heteroatoms. The zero-order chi connectivity index (χ0) is 13.3. The van der Waals surface area contributed by atoms with Crippen molar-refractivity contribution in [2.45, 2.75) is 45.1 Å². The molecule has 0 radical (unpaired) electrons. The third kappa shape index (κ3) is 0.921. The predicted octanol–water partition coefficient (Wildman–Crippen LogP) is 0.975. The van der Waals surface area contributed by atoms with Crippen molar-refractivity contribution >= 4 is 11.7 Å². The van der Waals surface area contributed by atoms with Crippen molar-refractivity contribution in [3.05, 3.63) is 0 Å². The molecule has 1 amide bonds. The van der Waals surface area contributed by atoms with E-state index in [0.717, 1.165) is 12.8 Å². The van der Waals surface area contributed by atoms with Gasteiger partial charge in [-0.25, -0.2) is 0 Å². The summed E-state index contributed by atoms with van der Waals surface area (Å²) in [5.41, 5.74) is -1.41. The molecular formula is C14H21NO3. The molecule has 1 N–H and O–H groups in total. The van der Waals surface area contributed by atoms with Gasteiger partial charge >= 0.3 is 0 Å². The lowest BCUT2D eigenvalue weighted by molar-refractivity contribution is -0.214. The molecule has 4 nitrogen and oxygen atoms in total. The summed E-state index contributed by atoms with van der Waals surface area (Å²) in [5, 5.41) is 10.4. The molecule has 0 aliphatic heterocycles. The third-order valence-electron chi connectivity index (χ3n) is 6.03. The highest BCUT2D eigenvalue weighted by Gasteiger charge is 2.83. The molecule has 0 aromatic rings. The van der Waals surface area contributed by atoms with Crippen molar-refractivity contribution in [1.29, 1.82) is 0 Å². The van der Waals surface area contributed by atoms with Crippen molar-refractivity contribution in [1.82, 2.24) is 4.90 Å². The second kappa shape index (κ2) is 3.16. The second-order valence-electron chi connectivity index (χ2n) is 6.79. The Hall–Kier alpha value is -0.900. The van der Waals surface area contributed by atoms with Crippen LogP contribution in [0.1, 0.15) is 39.0 Å². The van der Waals surface area contributed by atoms with Gasteiger partial charge in [-0.2, -0.15) is 0 Å². The Kier molecular flexibility index (Phi) is 2.13. The van der Waals surface area contributed by atoms with Gasteiger partial charge in [-0.05, 0) is 31.1 Å². The number of aliphatic hydroxyl groups is 1. The van der Waals surface area contributed by atoms with Crippen molar-refractivity contribution in [3.63, 3.8) is 0 Å². The maximum atomic E-state index is 12.6. The van der Waals surface area contributed by atoms with Crippen LogP contribution in [0.25, 0.3) is 0 Å². The Morgan fingerprint density at radius 2 is 2.06 bits per heavy atom. The minimum absolute atomic E-state index is 0.0236. The molecule has 0 heterocycles. The van der Waals surface area contributed by atoms with Crippen molar-refractivity contribution < 1.29 is 14.7 Å². The summed E-state index contributed by atoms with van der Waals surface area (Å²) in [4.78, 5) is 26.5. The van der Waals surface area contributed by atoms with Crippen LogP contribution in [-0.2, 0) is 9.59 Å². The first kappa shape index (κ1) is 12.2. The molecule has 0 saturated heterocycles. The maximum Gasteiger partial charge on any atom is 0.236 e. The molecule has 3 saturated carbocycles. The zero-order valence-corrected chi connectivity index (χ0v) is 11.3. The van der Waals surface area contributed by atoms with E-state index in [1.807, 2.05) is 0 Å². The fourth-order valence-electron chi connectivity index (χ4n) is 5.33. The highest BCUT2D eigenvalue weighted by Crippen LogP contribution is 2.80. The SMILES string of the molecule is CN(C)C(=O)[C@@]12C[C@@]3(C)CC[C@@H](O)[C@]31CCC2=O. The van der Waals surface area contributed by atoms with Gasteiger partial charge < -0.3 is 10.0 Å². The molecule has 1 spiro atoms. The summed E-state index contributed by atoms with van der Waals surface area (Å²) in [5.74, 6) is -0.0388. The van der Waals surface area contributed by atoms with E-state index in [0.29, 0.717) is 19.3 Å². The van der Waals surface area contributed by atoms with Crippen LogP contribution in [0, 0.1) is 16.2 Å². The number of Topliss-reactive ketones (excluding diaryl/α,β-unsaturated/α-hetero) is 1. The van der Waals surface area contributed by atoms with Crippen LogP contribution in [0.3, 0.4) is 0 Å². The van der Waals surface area contributed by atoms with Gasteiger partial charge in [0.25, 0.3) is 0 Å². The van der Waals surface area contributed by atoms with Crippen LogP contribution in [0.5, 0.6) is 0 Å². The molecule has 100 valence electrons. The first-order valence-corrected chi connectivity index (χ1v) is 6.75. The monoisotopic (exact) mass is 251 g/mol. The van der Waals surface area contributed by atoms with E-state index in [4.69, 9.17) is 0 Å². The predicted molar refractivity (Wildman–Crippen MR) is 65.8 cm³/mol. The number of hydrogen-bond donors (Lipinski definition) is 1. The van der Waals surface area contributed by atoms with Gasteiger partial charge in [0, 0.05) is 25.9 Å². The molecule has 18 heavy (non-hydrogen) atoms. The lowest BCUT2D eigenvalue weighted by Crippen LogP contribution is -2.70. The van der Waals surface area contributed by atoms with Gasteiger partial charge in [0.15, 0.2) is 0 Å². The quantitative estimate of drug-likeness (QED) is 0.707. The molecule has 0 aromatic carbocycles. The minimum atomic E-state index is -0.916. The van der Waals surface area contributed by atoms with Crippen LogP contribution in [0.15, 0.2) is 0 Å². The lowest BCUT2D eigenvalue weighted by Gasteiger charge is -2.64. The summed E-state index contributed by atoms with van der Waals surface area (Å²) in [6, 6.07) is 0. The van der Waals surface area contributed by atoms with E-state index >= 15 is 0 Å². The molecule has 3 fully saturated rings. The summed E-state index contributed by atoms with van der Waals surface area (Å²) < 4.78 is 0. The summed E-state index contributed by atoms with van der Waals surface area (Å²) in [6.45, 7) is 2.14. The first-order chi connectivity index (χ1) is 8.32. The normalized spacial score (nSPS) is 49.6. The zero-order valence-electron chi connectivity index (χ0n) is 11.3. The van der Waals surface area contributed by atoms with E-state index in [-0.39, 0.29) is 17.1 Å². The number of carbonyl (C=O) groups excluding carboxylic acids is 2. The van der Waals surface area contributed by atoms with E-state index < -0.39 is 16.9 Å². The topological polar surface area (TPSA) is 57.6 Å². The van der Waals surface area contributed by atoms with Crippen molar-refractivity contribution in [2.24, 2.45) is 16.2 Å². The smallest absolute Gasteiger partial charge is 0.236 e. The molecule has 3 aliphatic rings. The van der Waals surface area contributed by atoms with Crippen molar-refractivity contribution in [3.8, 4) is 0 Å². The van der Waals surface area contributed by atoms with Gasteiger partial charge in [0.2, 0.25) is 5.91 Å². The van der Waals surface area contributed by atoms with Gasteiger partial charge in [-0.15, -0.1) is 0 Å². The van der Waals surface area contributed by atoms with Crippen LogP contribution in [0.2, 0.25) is 0 Å². The van der Waals surface area contributed by atoms with Crippen LogP contribution >= 0.6 is 0 Å². The molecule has 0 aromatic heterocycles. The average Bonchev–Trinajstić information content (AvgIpc) is 2.65. The number of aliphatic hydroxyl groups excluding tert-OH is 1. The Bertz CT molecular complexity index is 446. The lowest BCUT2D eigenvalue weighted by atomic mass is 9.38. The summed E-state index contributed by atoms with van der Waals surface area (Å²) in [7, 11) is 3.40. The third-order valence-corrected chi connectivity index (χ3v) is 6.03. The van der Waals surface area contributed by atoms with Gasteiger partial charge in [-0.1, -0.05) is 6.92 Å². The molecule has 0 unspecified atom stereocenters. The van der Waals surface area contributed by atoms with E-state index in [1.54, 1.807) is 14.1 Å². The van der Waals surface area contributed by atoms with E-state index in [1.165, 1.54) is 4.90 Å². The van der Waals surface area contributed by atoms with E-state index in [9.17, 15) is 14.7 Å². The fraction of sp³-hybridized carbons (Fsp3) is 0.857. The fourth-order valence-corrected chi connectivity index (χ4v) is 5.33. The maximum absolute atomic E-state index is 12.6. The summed E-state index contributed by atoms with van der Waals surface area (Å²) in [6.07, 6.45) is 2.94. The van der Waals surface area contributed by atoms with Crippen LogP contribution < -0.4 is 0 Å². The highest BCUT2D eigenvalue weighted by molar-refractivity contribution is 6.10. The Balaban J connectivity index is 2.14. The number of hydrogen-bond acceptors (Lipinski definition) is 3.